The van der Waals surface area contributed by atoms with Gasteiger partial charge in [0.1, 0.15) is 5.69 Å². The highest BCUT2D eigenvalue weighted by Gasteiger charge is 2.25. The van der Waals surface area contributed by atoms with Crippen molar-refractivity contribution in [2.75, 3.05) is 5.73 Å². The minimum Gasteiger partial charge on any atom is -0.463 e. The Morgan fingerprint density at radius 1 is 1.24 bits per heavy atom. The first kappa shape index (κ1) is 18.5. The summed E-state index contributed by atoms with van der Waals surface area (Å²) in [4.78, 5) is 19.5. The van der Waals surface area contributed by atoms with Gasteiger partial charge in [0.15, 0.2) is 16.9 Å². The number of nitro benzene ring substituents is 1. The van der Waals surface area contributed by atoms with Gasteiger partial charge in [0.25, 0.3) is 5.69 Å². The number of fused-ring (bicyclic) bond motifs is 1. The number of anilines is 1. The van der Waals surface area contributed by atoms with Crippen LogP contribution in [0, 0.1) is 10.1 Å². The van der Waals surface area contributed by atoms with Crippen LogP contribution in [-0.2, 0) is 12.0 Å². The van der Waals surface area contributed by atoms with Gasteiger partial charge in [-0.2, -0.15) is 4.98 Å². The molecule has 1 aromatic carbocycles. The highest BCUT2D eigenvalue weighted by molar-refractivity contribution is 5.85. The Morgan fingerprint density at radius 2 is 2.03 bits per heavy atom. The highest BCUT2D eigenvalue weighted by Crippen LogP contribution is 2.32. The summed E-state index contributed by atoms with van der Waals surface area (Å²) in [6.07, 6.45) is 1.54. The number of nitro groups is 1. The average Bonchev–Trinajstić information content (AvgIpc) is 3.31. The zero-order valence-corrected chi connectivity index (χ0v) is 16.2. The van der Waals surface area contributed by atoms with Crippen LogP contribution in [0.5, 0.6) is 0 Å². The largest absolute Gasteiger partial charge is 0.463 e. The molecule has 0 fully saturated rings. The van der Waals surface area contributed by atoms with E-state index in [0.29, 0.717) is 34.7 Å². The quantitative estimate of drug-likeness (QED) is 0.411. The van der Waals surface area contributed by atoms with Crippen LogP contribution in [0.15, 0.2) is 41.0 Å². The molecule has 0 radical (unpaired) electrons. The van der Waals surface area contributed by atoms with Crippen molar-refractivity contribution >= 4 is 22.8 Å². The monoisotopic (exact) mass is 393 g/mol. The summed E-state index contributed by atoms with van der Waals surface area (Å²) >= 11 is 0. The highest BCUT2D eigenvalue weighted by atomic mass is 16.6. The molecule has 10 heteroatoms. The molecular formula is C19H19N7O3. The second-order valence-electron chi connectivity index (χ2n) is 7.69. The standard InChI is InChI=1S/C19H19N7O3/c1-19(2,3)12-9-11(6-7-13(12)26(27)28)10-25-17-16(23-24-25)15(21-18(20)22-17)14-5-4-8-29-14/h4-9H,10H2,1-3H3,(H2,20,21,22). The fraction of sp³-hybridized carbons (Fsp3) is 0.263. The third-order valence-corrected chi connectivity index (χ3v) is 4.53. The van der Waals surface area contributed by atoms with Crippen molar-refractivity contribution in [3.05, 3.63) is 57.8 Å². The number of hydrogen-bond acceptors (Lipinski definition) is 8. The molecular weight excluding hydrogens is 374 g/mol. The molecule has 2 N–H and O–H groups in total. The minimum absolute atomic E-state index is 0.0755. The van der Waals surface area contributed by atoms with Crippen molar-refractivity contribution in [1.29, 1.82) is 0 Å². The van der Waals surface area contributed by atoms with Gasteiger partial charge >= 0.3 is 0 Å². The number of aromatic nitrogens is 5. The van der Waals surface area contributed by atoms with Crippen LogP contribution in [0.1, 0.15) is 31.9 Å². The fourth-order valence-corrected chi connectivity index (χ4v) is 3.18. The van der Waals surface area contributed by atoms with Crippen molar-refractivity contribution in [1.82, 2.24) is 25.0 Å². The molecule has 4 rings (SSSR count). The molecule has 0 aliphatic rings. The van der Waals surface area contributed by atoms with E-state index in [0.717, 1.165) is 5.56 Å². The Hall–Kier alpha value is -3.82. The molecule has 29 heavy (non-hydrogen) atoms. The molecule has 0 unspecified atom stereocenters. The summed E-state index contributed by atoms with van der Waals surface area (Å²) in [5.74, 6) is 0.591. The number of rotatable bonds is 4. The Bertz CT molecular complexity index is 1210. The lowest BCUT2D eigenvalue weighted by Crippen LogP contribution is -2.15. The topological polar surface area (TPSA) is 139 Å². The zero-order chi connectivity index (χ0) is 20.8. The number of benzene rings is 1. The molecule has 0 spiro atoms. The van der Waals surface area contributed by atoms with Crippen LogP contribution in [0.2, 0.25) is 0 Å². The maximum absolute atomic E-state index is 11.4. The van der Waals surface area contributed by atoms with E-state index in [9.17, 15) is 10.1 Å². The number of nitrogens with two attached hydrogens (primary N) is 1. The van der Waals surface area contributed by atoms with Gasteiger partial charge < -0.3 is 10.2 Å². The summed E-state index contributed by atoms with van der Waals surface area (Å²) in [6.45, 7) is 6.14. The van der Waals surface area contributed by atoms with E-state index < -0.39 is 0 Å². The van der Waals surface area contributed by atoms with Crippen molar-refractivity contribution in [2.45, 2.75) is 32.7 Å². The van der Waals surface area contributed by atoms with E-state index in [1.807, 2.05) is 26.8 Å². The lowest BCUT2D eigenvalue weighted by atomic mass is 9.85. The molecule has 148 valence electrons. The SMILES string of the molecule is CC(C)(C)c1cc(Cn2nnc3c(-c4ccco4)nc(N)nc32)ccc1[N+](=O)[O-]. The van der Waals surface area contributed by atoms with Gasteiger partial charge in [0.05, 0.1) is 17.7 Å². The van der Waals surface area contributed by atoms with Crippen LogP contribution < -0.4 is 5.73 Å². The number of nitrogen functional groups attached to an aromatic ring is 1. The Morgan fingerprint density at radius 3 is 2.69 bits per heavy atom. The van der Waals surface area contributed by atoms with Crippen molar-refractivity contribution in [3.63, 3.8) is 0 Å². The lowest BCUT2D eigenvalue weighted by Gasteiger charge is -2.19. The molecule has 0 saturated carbocycles. The van der Waals surface area contributed by atoms with Crippen molar-refractivity contribution < 1.29 is 9.34 Å². The van der Waals surface area contributed by atoms with Crippen LogP contribution in [0.3, 0.4) is 0 Å². The molecule has 0 aliphatic carbocycles. The first-order chi connectivity index (χ1) is 13.7. The molecule has 0 atom stereocenters. The Kier molecular flexibility index (Phi) is 4.26. The van der Waals surface area contributed by atoms with Gasteiger partial charge in [-0.15, -0.1) is 5.10 Å². The van der Waals surface area contributed by atoms with E-state index in [1.165, 1.54) is 12.3 Å². The first-order valence-corrected chi connectivity index (χ1v) is 8.92. The predicted molar refractivity (Wildman–Crippen MR) is 106 cm³/mol. The van der Waals surface area contributed by atoms with Crippen molar-refractivity contribution in [3.8, 4) is 11.5 Å². The maximum Gasteiger partial charge on any atom is 0.273 e. The number of furan rings is 1. The summed E-state index contributed by atoms with van der Waals surface area (Å²) in [7, 11) is 0. The van der Waals surface area contributed by atoms with Gasteiger partial charge in [0.2, 0.25) is 5.95 Å². The smallest absolute Gasteiger partial charge is 0.273 e. The van der Waals surface area contributed by atoms with Gasteiger partial charge in [-0.25, -0.2) is 9.67 Å². The van der Waals surface area contributed by atoms with Gasteiger partial charge in [-0.05, 0) is 29.2 Å². The van der Waals surface area contributed by atoms with Crippen LogP contribution in [-0.4, -0.2) is 29.9 Å². The van der Waals surface area contributed by atoms with E-state index in [2.05, 4.69) is 20.3 Å². The molecule has 3 heterocycles. The Balaban J connectivity index is 1.79. The number of hydrogen-bond donors (Lipinski definition) is 1. The average molecular weight is 393 g/mol. The van der Waals surface area contributed by atoms with Crippen molar-refractivity contribution in [2.24, 2.45) is 0 Å². The second-order valence-corrected chi connectivity index (χ2v) is 7.69. The Labute approximate surface area is 165 Å². The molecule has 3 aromatic heterocycles. The van der Waals surface area contributed by atoms with E-state index in [1.54, 1.807) is 22.9 Å². The summed E-state index contributed by atoms with van der Waals surface area (Å²) in [6, 6.07) is 8.55. The molecule has 0 bridgehead atoms. The van der Waals surface area contributed by atoms with Crippen LogP contribution in [0.4, 0.5) is 11.6 Å². The van der Waals surface area contributed by atoms with E-state index >= 15 is 0 Å². The molecule has 0 saturated heterocycles. The zero-order valence-electron chi connectivity index (χ0n) is 16.2. The second kappa shape index (κ2) is 6.66. The molecule has 0 amide bonds. The van der Waals surface area contributed by atoms with Gasteiger partial charge in [0, 0.05) is 11.6 Å². The van der Waals surface area contributed by atoms with E-state index in [-0.39, 0.29) is 22.0 Å². The van der Waals surface area contributed by atoms with Gasteiger partial charge in [-0.1, -0.05) is 32.1 Å². The maximum atomic E-state index is 11.4. The fourth-order valence-electron chi connectivity index (χ4n) is 3.18. The molecule has 4 aromatic rings. The summed E-state index contributed by atoms with van der Waals surface area (Å²) in [5.41, 5.74) is 8.45. The van der Waals surface area contributed by atoms with Gasteiger partial charge in [-0.3, -0.25) is 10.1 Å². The molecule has 10 nitrogen and oxygen atoms in total. The molecule has 0 aliphatic heterocycles. The summed E-state index contributed by atoms with van der Waals surface area (Å²) in [5, 5.41) is 19.8. The lowest BCUT2D eigenvalue weighted by molar-refractivity contribution is -0.386. The normalized spacial score (nSPS) is 11.8. The van der Waals surface area contributed by atoms with Crippen LogP contribution >= 0.6 is 0 Å². The third kappa shape index (κ3) is 3.40. The van der Waals surface area contributed by atoms with Crippen LogP contribution in [0.25, 0.3) is 22.6 Å². The minimum atomic E-state index is -0.387. The number of nitrogens with zero attached hydrogens (tertiary/aromatic N) is 6. The third-order valence-electron chi connectivity index (χ3n) is 4.53. The summed E-state index contributed by atoms with van der Waals surface area (Å²) < 4.78 is 7.00. The predicted octanol–water partition coefficient (Wildman–Crippen LogP) is 3.32. The first-order valence-electron chi connectivity index (χ1n) is 8.92. The van der Waals surface area contributed by atoms with E-state index in [4.69, 9.17) is 10.2 Å².